The van der Waals surface area contributed by atoms with E-state index < -0.39 is 0 Å². The number of aryl methyl sites for hydroxylation is 2. The number of nitrogens with one attached hydrogen (secondary N) is 2. The Kier molecular flexibility index (Phi) is 6.00. The van der Waals surface area contributed by atoms with Crippen molar-refractivity contribution in [2.24, 2.45) is 0 Å². The van der Waals surface area contributed by atoms with Crippen molar-refractivity contribution in [3.05, 3.63) is 70.9 Å². The summed E-state index contributed by atoms with van der Waals surface area (Å²) >= 11 is 1.38. The summed E-state index contributed by atoms with van der Waals surface area (Å²) in [6, 6.07) is 15.4. The Morgan fingerprint density at radius 2 is 1.77 bits per heavy atom. The molecule has 0 aliphatic heterocycles. The molecule has 0 saturated carbocycles. The standard InChI is InChI=1S/C26H24N6O2S/c1-15-20(16(2)32-25(27-15)21-6-4-5-7-22(21)31-32)12-13-24(34)30-26-29-23(14-35-26)18-8-10-19(11-9-18)28-17(3)33/h4-11,14H,12-13H2,1-3H3,(H,28,33)(H,29,30,34). The first-order valence-electron chi connectivity index (χ1n) is 11.3. The summed E-state index contributed by atoms with van der Waals surface area (Å²) in [4.78, 5) is 33.2. The van der Waals surface area contributed by atoms with Crippen LogP contribution in [0, 0.1) is 13.8 Å². The zero-order chi connectivity index (χ0) is 24.5. The number of rotatable bonds is 6. The Hall–Kier alpha value is -4.11. The maximum Gasteiger partial charge on any atom is 0.226 e. The SMILES string of the molecule is CC(=O)Nc1ccc(-c2csc(NC(=O)CCc3c(C)nc4c5ccccc5nn4c3C)n2)cc1. The minimum atomic E-state index is -0.115. The lowest BCUT2D eigenvalue weighted by atomic mass is 10.1. The van der Waals surface area contributed by atoms with Crippen LogP contribution in [0.4, 0.5) is 10.8 Å². The van der Waals surface area contributed by atoms with E-state index in [1.54, 1.807) is 0 Å². The Labute approximate surface area is 206 Å². The highest BCUT2D eigenvalue weighted by Crippen LogP contribution is 2.27. The molecule has 0 radical (unpaired) electrons. The Morgan fingerprint density at radius 1 is 1.00 bits per heavy atom. The monoisotopic (exact) mass is 484 g/mol. The number of amides is 2. The molecule has 176 valence electrons. The Morgan fingerprint density at radius 3 is 2.54 bits per heavy atom. The summed E-state index contributed by atoms with van der Waals surface area (Å²) in [6.07, 6.45) is 0.876. The maximum absolute atomic E-state index is 12.7. The zero-order valence-corrected chi connectivity index (χ0v) is 20.4. The predicted molar refractivity (Wildman–Crippen MR) is 139 cm³/mol. The molecule has 3 heterocycles. The summed E-state index contributed by atoms with van der Waals surface area (Å²) in [5.74, 6) is -0.216. The minimum Gasteiger partial charge on any atom is -0.326 e. The summed E-state index contributed by atoms with van der Waals surface area (Å²) in [5, 5.41) is 13.8. The van der Waals surface area contributed by atoms with Crippen molar-refractivity contribution in [1.29, 1.82) is 0 Å². The fourth-order valence-corrected chi connectivity index (χ4v) is 4.89. The number of nitrogens with zero attached hydrogens (tertiary/aromatic N) is 4. The van der Waals surface area contributed by atoms with Gasteiger partial charge in [-0.15, -0.1) is 11.3 Å². The van der Waals surface area contributed by atoms with Crippen molar-refractivity contribution in [3.8, 4) is 11.3 Å². The van der Waals surface area contributed by atoms with Crippen molar-refractivity contribution in [3.63, 3.8) is 0 Å². The van der Waals surface area contributed by atoms with E-state index in [0.29, 0.717) is 18.0 Å². The van der Waals surface area contributed by atoms with Gasteiger partial charge >= 0.3 is 0 Å². The van der Waals surface area contributed by atoms with Gasteiger partial charge < -0.3 is 10.6 Å². The van der Waals surface area contributed by atoms with Crippen molar-refractivity contribution < 1.29 is 9.59 Å². The summed E-state index contributed by atoms with van der Waals surface area (Å²) in [7, 11) is 0. The second-order valence-electron chi connectivity index (χ2n) is 8.36. The number of anilines is 2. The third-order valence-corrected chi connectivity index (χ3v) is 6.63. The molecule has 2 N–H and O–H groups in total. The highest BCUT2D eigenvalue weighted by atomic mass is 32.1. The first-order valence-corrected chi connectivity index (χ1v) is 12.1. The molecule has 0 bridgehead atoms. The van der Waals surface area contributed by atoms with Gasteiger partial charge in [-0.05, 0) is 50.1 Å². The van der Waals surface area contributed by atoms with E-state index in [4.69, 9.17) is 4.98 Å². The summed E-state index contributed by atoms with van der Waals surface area (Å²) < 4.78 is 1.87. The van der Waals surface area contributed by atoms with E-state index in [-0.39, 0.29) is 11.8 Å². The molecule has 0 atom stereocenters. The van der Waals surface area contributed by atoms with Crippen molar-refractivity contribution in [1.82, 2.24) is 19.6 Å². The van der Waals surface area contributed by atoms with Crippen LogP contribution in [0.15, 0.2) is 53.9 Å². The molecule has 5 aromatic rings. The maximum atomic E-state index is 12.7. The van der Waals surface area contributed by atoms with Gasteiger partial charge in [-0.3, -0.25) is 9.59 Å². The van der Waals surface area contributed by atoms with Gasteiger partial charge in [-0.25, -0.2) is 14.5 Å². The second-order valence-corrected chi connectivity index (χ2v) is 9.22. The van der Waals surface area contributed by atoms with Crippen molar-refractivity contribution >= 4 is 50.5 Å². The largest absolute Gasteiger partial charge is 0.326 e. The molecular weight excluding hydrogens is 460 g/mol. The van der Waals surface area contributed by atoms with Crippen LogP contribution in [-0.2, 0) is 16.0 Å². The summed E-state index contributed by atoms with van der Waals surface area (Å²) in [5.41, 5.74) is 7.08. The number of carbonyl (C=O) groups excluding carboxylic acids is 2. The normalized spacial score (nSPS) is 11.2. The fourth-order valence-electron chi connectivity index (χ4n) is 4.15. The number of benzene rings is 2. The molecule has 0 aliphatic carbocycles. The molecule has 5 rings (SSSR count). The quantitative estimate of drug-likeness (QED) is 0.347. The average Bonchev–Trinajstić information content (AvgIpc) is 3.44. The molecule has 8 nitrogen and oxygen atoms in total. The highest BCUT2D eigenvalue weighted by molar-refractivity contribution is 7.14. The zero-order valence-electron chi connectivity index (χ0n) is 19.6. The van der Waals surface area contributed by atoms with E-state index in [1.165, 1.54) is 18.3 Å². The number of hydrogen-bond donors (Lipinski definition) is 2. The van der Waals surface area contributed by atoms with Crippen LogP contribution in [-0.4, -0.2) is 31.4 Å². The van der Waals surface area contributed by atoms with Gasteiger partial charge in [0.2, 0.25) is 11.8 Å². The smallest absolute Gasteiger partial charge is 0.226 e. The van der Waals surface area contributed by atoms with Gasteiger partial charge in [0.1, 0.15) is 0 Å². The fraction of sp³-hybridized carbons (Fsp3) is 0.192. The van der Waals surface area contributed by atoms with E-state index in [9.17, 15) is 9.59 Å². The molecule has 35 heavy (non-hydrogen) atoms. The average molecular weight is 485 g/mol. The highest BCUT2D eigenvalue weighted by Gasteiger charge is 2.15. The van der Waals surface area contributed by atoms with Crippen LogP contribution in [0.25, 0.3) is 27.8 Å². The van der Waals surface area contributed by atoms with Gasteiger partial charge in [-0.1, -0.05) is 24.3 Å². The van der Waals surface area contributed by atoms with Crippen molar-refractivity contribution in [2.75, 3.05) is 10.6 Å². The molecule has 2 amide bonds. The lowest BCUT2D eigenvalue weighted by Crippen LogP contribution is -2.14. The van der Waals surface area contributed by atoms with Gasteiger partial charge in [0.15, 0.2) is 10.8 Å². The third-order valence-electron chi connectivity index (χ3n) is 5.87. The first kappa shape index (κ1) is 22.7. The first-order chi connectivity index (χ1) is 16.9. The number of thiazole rings is 1. The van der Waals surface area contributed by atoms with Crippen molar-refractivity contribution in [2.45, 2.75) is 33.6 Å². The van der Waals surface area contributed by atoms with Gasteiger partial charge in [0.05, 0.1) is 11.2 Å². The van der Waals surface area contributed by atoms with Gasteiger partial charge in [0.25, 0.3) is 0 Å². The van der Waals surface area contributed by atoms with Crippen LogP contribution in [0.5, 0.6) is 0 Å². The van der Waals surface area contributed by atoms with Crippen LogP contribution in [0.2, 0.25) is 0 Å². The van der Waals surface area contributed by atoms with Crippen LogP contribution in [0.3, 0.4) is 0 Å². The molecule has 9 heteroatoms. The van der Waals surface area contributed by atoms with Gasteiger partial charge in [0, 0.05) is 46.7 Å². The number of carbonyl (C=O) groups is 2. The van der Waals surface area contributed by atoms with E-state index in [1.807, 2.05) is 72.3 Å². The number of hydrogen-bond acceptors (Lipinski definition) is 6. The molecule has 0 unspecified atom stereocenters. The summed E-state index contributed by atoms with van der Waals surface area (Å²) in [6.45, 7) is 5.47. The second kappa shape index (κ2) is 9.27. The van der Waals surface area contributed by atoms with E-state index in [0.717, 1.165) is 50.4 Å². The molecule has 0 aliphatic rings. The molecule has 2 aromatic carbocycles. The van der Waals surface area contributed by atoms with Crippen LogP contribution < -0.4 is 10.6 Å². The number of fused-ring (bicyclic) bond motifs is 3. The molecule has 3 aromatic heterocycles. The lowest BCUT2D eigenvalue weighted by Gasteiger charge is -2.11. The lowest BCUT2D eigenvalue weighted by molar-refractivity contribution is -0.116. The van der Waals surface area contributed by atoms with E-state index in [2.05, 4.69) is 20.7 Å². The van der Waals surface area contributed by atoms with Crippen LogP contribution >= 0.6 is 11.3 Å². The molecular formula is C26H24N6O2S. The van der Waals surface area contributed by atoms with Crippen LogP contribution in [0.1, 0.15) is 30.3 Å². The Bertz CT molecular complexity index is 1570. The predicted octanol–water partition coefficient (Wildman–Crippen LogP) is 5.15. The topological polar surface area (TPSA) is 101 Å². The third kappa shape index (κ3) is 4.63. The minimum absolute atomic E-state index is 0.101. The molecule has 0 spiro atoms. The van der Waals surface area contributed by atoms with Gasteiger partial charge in [-0.2, -0.15) is 5.10 Å². The molecule has 0 fully saturated rings. The van der Waals surface area contributed by atoms with E-state index >= 15 is 0 Å². The Balaban J connectivity index is 1.26. The number of aromatic nitrogens is 4. The molecule has 0 saturated heterocycles.